The summed E-state index contributed by atoms with van der Waals surface area (Å²) in [6, 6.07) is 4.00. The van der Waals surface area contributed by atoms with Crippen LogP contribution < -0.4 is 0 Å². The minimum Gasteiger partial charge on any atom is -0.206 e. The molecule has 92 valence electrons. The highest BCUT2D eigenvalue weighted by Crippen LogP contribution is 2.67. The minimum absolute atomic E-state index is 0.0703. The summed E-state index contributed by atoms with van der Waals surface area (Å²) in [4.78, 5) is 0. The van der Waals surface area contributed by atoms with Crippen LogP contribution in [-0.4, -0.2) is 0 Å². The van der Waals surface area contributed by atoms with Crippen LogP contribution in [0.25, 0.3) is 0 Å². The van der Waals surface area contributed by atoms with Crippen molar-refractivity contribution < 1.29 is 4.39 Å². The first-order chi connectivity index (χ1) is 7.76. The van der Waals surface area contributed by atoms with Gasteiger partial charge in [0.15, 0.2) is 0 Å². The molecule has 1 heteroatoms. The molecule has 0 nitrogen and oxygen atoms in total. The van der Waals surface area contributed by atoms with Gasteiger partial charge in [-0.15, -0.1) is 0 Å². The zero-order valence-corrected chi connectivity index (χ0v) is 11.4. The molecule has 0 heterocycles. The first kappa shape index (κ1) is 12.3. The highest BCUT2D eigenvalue weighted by atomic mass is 19.1. The van der Waals surface area contributed by atoms with E-state index in [1.165, 1.54) is 11.1 Å². The van der Waals surface area contributed by atoms with Gasteiger partial charge in [0.2, 0.25) is 0 Å². The van der Waals surface area contributed by atoms with Gasteiger partial charge in [-0.2, -0.15) is 0 Å². The fourth-order valence-corrected chi connectivity index (χ4v) is 3.34. The second-order valence-electron chi connectivity index (χ2n) is 6.09. The van der Waals surface area contributed by atoms with Crippen LogP contribution in [0, 0.1) is 31.0 Å². The molecule has 1 aromatic carbocycles. The van der Waals surface area contributed by atoms with Crippen LogP contribution in [0.15, 0.2) is 24.3 Å². The van der Waals surface area contributed by atoms with Gasteiger partial charge in [-0.3, -0.25) is 0 Å². The lowest BCUT2D eigenvalue weighted by atomic mass is 9.99. The molecule has 2 atom stereocenters. The van der Waals surface area contributed by atoms with Gasteiger partial charge < -0.3 is 0 Å². The number of rotatable bonds is 2. The Morgan fingerprint density at radius 3 is 2.06 bits per heavy atom. The molecule has 0 spiro atoms. The Morgan fingerprint density at radius 1 is 1.24 bits per heavy atom. The van der Waals surface area contributed by atoms with Gasteiger partial charge in [-0.1, -0.05) is 38.1 Å². The number of benzene rings is 1. The summed E-state index contributed by atoms with van der Waals surface area (Å²) in [7, 11) is 0. The van der Waals surface area contributed by atoms with Gasteiger partial charge in [0.1, 0.15) is 5.82 Å². The fourth-order valence-electron chi connectivity index (χ4n) is 3.34. The zero-order valence-electron chi connectivity index (χ0n) is 11.4. The van der Waals surface area contributed by atoms with Crippen molar-refractivity contribution in [2.75, 3.05) is 0 Å². The van der Waals surface area contributed by atoms with E-state index in [2.05, 4.69) is 27.4 Å². The minimum atomic E-state index is -0.0703. The monoisotopic (exact) mass is 232 g/mol. The highest BCUT2D eigenvalue weighted by Gasteiger charge is 2.58. The van der Waals surface area contributed by atoms with E-state index in [4.69, 9.17) is 0 Å². The third-order valence-electron chi connectivity index (χ3n) is 4.18. The molecular weight excluding hydrogens is 211 g/mol. The van der Waals surface area contributed by atoms with E-state index in [-0.39, 0.29) is 11.2 Å². The van der Waals surface area contributed by atoms with Crippen molar-refractivity contribution >= 4 is 0 Å². The predicted octanol–water partition coefficient (Wildman–Crippen LogP) is 4.76. The fraction of sp³-hybridized carbons (Fsp3) is 0.500. The van der Waals surface area contributed by atoms with E-state index < -0.39 is 0 Å². The molecule has 1 fully saturated rings. The maximum Gasteiger partial charge on any atom is 0.129 e. The average molecular weight is 232 g/mol. The Hall–Kier alpha value is -1.11. The topological polar surface area (TPSA) is 0 Å². The summed E-state index contributed by atoms with van der Waals surface area (Å²) in [5.41, 5.74) is 4.27. The summed E-state index contributed by atoms with van der Waals surface area (Å²) in [5, 5.41) is 0. The molecule has 2 rings (SSSR count). The second kappa shape index (κ2) is 3.69. The van der Waals surface area contributed by atoms with E-state index in [1.54, 1.807) is 0 Å². The lowest BCUT2D eigenvalue weighted by Crippen LogP contribution is -1.95. The zero-order chi connectivity index (χ0) is 13.0. The van der Waals surface area contributed by atoms with Crippen LogP contribution in [0.4, 0.5) is 4.39 Å². The number of halogens is 1. The molecule has 0 saturated heterocycles. The molecule has 0 N–H and O–H groups in total. The van der Waals surface area contributed by atoms with Gasteiger partial charge >= 0.3 is 0 Å². The number of hydrogen-bond donors (Lipinski definition) is 0. The molecule has 0 radical (unpaired) electrons. The Kier molecular flexibility index (Phi) is 2.68. The first-order valence-electron chi connectivity index (χ1n) is 6.19. The molecule has 1 aliphatic carbocycles. The summed E-state index contributed by atoms with van der Waals surface area (Å²) >= 11 is 0. The van der Waals surface area contributed by atoms with Crippen molar-refractivity contribution in [2.24, 2.45) is 11.3 Å². The van der Waals surface area contributed by atoms with Gasteiger partial charge in [-0.25, -0.2) is 4.39 Å². The molecule has 0 amide bonds. The van der Waals surface area contributed by atoms with Crippen molar-refractivity contribution in [3.8, 4) is 0 Å². The summed E-state index contributed by atoms with van der Waals surface area (Å²) in [6.07, 6.45) is 0. The highest BCUT2D eigenvalue weighted by molar-refractivity contribution is 5.41. The SMILES string of the molecule is C=C(C)C1C(c2cc(C)c(F)c(C)c2)C1(C)C. The van der Waals surface area contributed by atoms with E-state index in [9.17, 15) is 4.39 Å². The summed E-state index contributed by atoms with van der Waals surface area (Å²) < 4.78 is 13.6. The smallest absolute Gasteiger partial charge is 0.129 e. The Bertz CT molecular complexity index is 459. The van der Waals surface area contributed by atoms with Gasteiger partial charge in [0.25, 0.3) is 0 Å². The van der Waals surface area contributed by atoms with Crippen molar-refractivity contribution in [3.05, 3.63) is 46.8 Å². The van der Waals surface area contributed by atoms with E-state index in [0.717, 1.165) is 11.1 Å². The molecule has 0 aliphatic heterocycles. The standard InChI is InChI=1S/C16H21F/c1-9(2)13-14(16(13,5)6)12-7-10(3)15(17)11(4)8-12/h7-8,13-14H,1H2,2-6H3. The lowest BCUT2D eigenvalue weighted by molar-refractivity contribution is 0.582. The average Bonchev–Trinajstić information content (AvgIpc) is 2.77. The van der Waals surface area contributed by atoms with Crippen molar-refractivity contribution in [3.63, 3.8) is 0 Å². The molecular formula is C16H21F. The van der Waals surface area contributed by atoms with Crippen molar-refractivity contribution in [1.82, 2.24) is 0 Å². The van der Waals surface area contributed by atoms with E-state index >= 15 is 0 Å². The number of hydrogen-bond acceptors (Lipinski definition) is 0. The lowest BCUT2D eigenvalue weighted by Gasteiger charge is -2.08. The van der Waals surface area contributed by atoms with E-state index in [1.807, 2.05) is 26.0 Å². The van der Waals surface area contributed by atoms with E-state index in [0.29, 0.717) is 11.8 Å². The van der Waals surface area contributed by atoms with Crippen LogP contribution in [0.3, 0.4) is 0 Å². The van der Waals surface area contributed by atoms with Crippen LogP contribution in [0.1, 0.15) is 43.4 Å². The van der Waals surface area contributed by atoms with Crippen molar-refractivity contribution in [1.29, 1.82) is 0 Å². The largest absolute Gasteiger partial charge is 0.206 e. The maximum atomic E-state index is 13.6. The van der Waals surface area contributed by atoms with Gasteiger partial charge in [0, 0.05) is 0 Å². The Morgan fingerprint density at radius 2 is 1.71 bits per heavy atom. The maximum absolute atomic E-state index is 13.6. The Balaban J connectivity index is 2.41. The van der Waals surface area contributed by atoms with Crippen molar-refractivity contribution in [2.45, 2.75) is 40.5 Å². The van der Waals surface area contributed by atoms with Gasteiger partial charge in [0.05, 0.1) is 0 Å². The predicted molar refractivity (Wildman–Crippen MR) is 70.7 cm³/mol. The quantitative estimate of drug-likeness (QED) is 0.645. The van der Waals surface area contributed by atoms with Crippen LogP contribution in [0.5, 0.6) is 0 Å². The van der Waals surface area contributed by atoms with Crippen LogP contribution in [-0.2, 0) is 0 Å². The number of aryl methyl sites for hydroxylation is 2. The molecule has 2 unspecified atom stereocenters. The molecule has 17 heavy (non-hydrogen) atoms. The molecule has 0 aromatic heterocycles. The van der Waals surface area contributed by atoms with Crippen LogP contribution >= 0.6 is 0 Å². The van der Waals surface area contributed by atoms with Gasteiger partial charge in [-0.05, 0) is 54.7 Å². The molecule has 1 aliphatic rings. The second-order valence-corrected chi connectivity index (χ2v) is 6.09. The molecule has 0 bridgehead atoms. The summed E-state index contributed by atoms with van der Waals surface area (Å²) in [6.45, 7) is 14.4. The summed E-state index contributed by atoms with van der Waals surface area (Å²) in [5.74, 6) is 0.962. The third-order valence-corrected chi connectivity index (χ3v) is 4.18. The number of allylic oxidation sites excluding steroid dienone is 1. The third kappa shape index (κ3) is 1.82. The molecule has 1 saturated carbocycles. The normalized spacial score (nSPS) is 25.8. The first-order valence-corrected chi connectivity index (χ1v) is 6.19. The Labute approximate surface area is 104 Å². The molecule has 1 aromatic rings. The van der Waals surface area contributed by atoms with Crippen LogP contribution in [0.2, 0.25) is 0 Å².